The Kier molecular flexibility index (Phi) is 4.94. The number of benzene rings is 1. The van der Waals surface area contributed by atoms with Crippen molar-refractivity contribution in [2.24, 2.45) is 0 Å². The van der Waals surface area contributed by atoms with Crippen LogP contribution in [-0.4, -0.2) is 29.9 Å². The van der Waals surface area contributed by atoms with E-state index in [0.29, 0.717) is 18.7 Å². The van der Waals surface area contributed by atoms with E-state index in [1.807, 2.05) is 6.07 Å². The van der Waals surface area contributed by atoms with Crippen molar-refractivity contribution in [3.8, 4) is 12.3 Å². The first kappa shape index (κ1) is 13.8. The van der Waals surface area contributed by atoms with Crippen LogP contribution in [0.25, 0.3) is 0 Å². The van der Waals surface area contributed by atoms with Crippen LogP contribution in [0.2, 0.25) is 0 Å². The second-order valence-corrected chi connectivity index (χ2v) is 3.88. The lowest BCUT2D eigenvalue weighted by atomic mass is 10.1. The third-order valence-electron chi connectivity index (χ3n) is 2.50. The maximum absolute atomic E-state index is 11.3. The number of carboxylic acids is 1. The van der Waals surface area contributed by atoms with Crippen molar-refractivity contribution in [1.29, 1.82) is 0 Å². The number of carbonyl (C=O) groups excluding carboxylic acids is 1. The minimum Gasteiger partial charge on any atom is -0.481 e. The molecule has 0 spiro atoms. The first-order valence-electron chi connectivity index (χ1n) is 5.56. The fourth-order valence-corrected chi connectivity index (χ4v) is 1.56. The topological polar surface area (TPSA) is 57.6 Å². The number of ketones is 1. The monoisotopic (exact) mass is 245 g/mol. The molecule has 94 valence electrons. The van der Waals surface area contributed by atoms with Gasteiger partial charge in [0.05, 0.1) is 13.0 Å². The van der Waals surface area contributed by atoms with Gasteiger partial charge < -0.3 is 10.0 Å². The van der Waals surface area contributed by atoms with Gasteiger partial charge in [-0.3, -0.25) is 9.59 Å². The number of aliphatic carboxylic acids is 1. The van der Waals surface area contributed by atoms with Crippen LogP contribution in [0.1, 0.15) is 23.7 Å². The lowest BCUT2D eigenvalue weighted by molar-refractivity contribution is -0.136. The SMILES string of the molecule is C#CCN(CCC(=O)O)c1cccc(C(C)=O)c1. The number of terminal acetylenes is 1. The molecule has 1 rings (SSSR count). The number of anilines is 1. The van der Waals surface area contributed by atoms with Crippen molar-refractivity contribution in [3.63, 3.8) is 0 Å². The number of carboxylic acid groups (broad SMARTS) is 1. The van der Waals surface area contributed by atoms with Crippen molar-refractivity contribution in [1.82, 2.24) is 0 Å². The van der Waals surface area contributed by atoms with E-state index >= 15 is 0 Å². The summed E-state index contributed by atoms with van der Waals surface area (Å²) in [5.41, 5.74) is 1.35. The molecule has 1 aromatic rings. The van der Waals surface area contributed by atoms with Crippen molar-refractivity contribution < 1.29 is 14.7 Å². The number of carbonyl (C=O) groups is 2. The highest BCUT2D eigenvalue weighted by Crippen LogP contribution is 2.16. The molecule has 4 heteroatoms. The molecule has 1 aromatic carbocycles. The van der Waals surface area contributed by atoms with Crippen molar-refractivity contribution in [3.05, 3.63) is 29.8 Å². The second kappa shape index (κ2) is 6.45. The molecule has 0 aliphatic carbocycles. The first-order chi connectivity index (χ1) is 8.54. The minimum atomic E-state index is -0.875. The number of hydrogen-bond donors (Lipinski definition) is 1. The molecular formula is C14H15NO3. The fourth-order valence-electron chi connectivity index (χ4n) is 1.56. The molecule has 0 unspecified atom stereocenters. The van der Waals surface area contributed by atoms with E-state index in [1.165, 1.54) is 6.92 Å². The average Bonchev–Trinajstić information content (AvgIpc) is 2.34. The minimum absolute atomic E-state index is 0.00593. The van der Waals surface area contributed by atoms with Crippen LogP contribution in [0, 0.1) is 12.3 Å². The van der Waals surface area contributed by atoms with Crippen LogP contribution in [-0.2, 0) is 4.79 Å². The van der Waals surface area contributed by atoms with E-state index in [1.54, 1.807) is 23.1 Å². The van der Waals surface area contributed by atoms with Crippen LogP contribution >= 0.6 is 0 Å². The van der Waals surface area contributed by atoms with Crippen LogP contribution in [0.4, 0.5) is 5.69 Å². The summed E-state index contributed by atoms with van der Waals surface area (Å²) in [6.45, 7) is 2.12. The number of nitrogens with zero attached hydrogens (tertiary/aromatic N) is 1. The van der Waals surface area contributed by atoms with Crippen molar-refractivity contribution in [2.45, 2.75) is 13.3 Å². The third kappa shape index (κ3) is 3.95. The number of Topliss-reactive ketones (excluding diaryl/α,β-unsaturated/α-hetero) is 1. The Morgan fingerprint density at radius 1 is 1.44 bits per heavy atom. The van der Waals surface area contributed by atoms with Crippen molar-refractivity contribution in [2.75, 3.05) is 18.0 Å². The molecule has 1 N–H and O–H groups in total. The standard InChI is InChI=1S/C14H15NO3/c1-3-8-15(9-7-14(17)18)13-6-4-5-12(10-13)11(2)16/h1,4-6,10H,7-9H2,2H3,(H,17,18). The molecule has 0 radical (unpaired) electrons. The van der Waals surface area contributed by atoms with Gasteiger partial charge in [-0.2, -0.15) is 0 Å². The van der Waals surface area contributed by atoms with Gasteiger partial charge in [0, 0.05) is 17.8 Å². The zero-order valence-electron chi connectivity index (χ0n) is 10.2. The maximum atomic E-state index is 11.3. The van der Waals surface area contributed by atoms with E-state index < -0.39 is 5.97 Å². The summed E-state index contributed by atoms with van der Waals surface area (Å²) in [5.74, 6) is 1.58. The van der Waals surface area contributed by atoms with E-state index in [4.69, 9.17) is 11.5 Å². The molecule has 0 saturated heterocycles. The largest absolute Gasteiger partial charge is 0.481 e. The fraction of sp³-hybridized carbons (Fsp3) is 0.286. The van der Waals surface area contributed by atoms with Crippen molar-refractivity contribution >= 4 is 17.4 Å². The van der Waals surface area contributed by atoms with Gasteiger partial charge in [0.1, 0.15) is 0 Å². The highest BCUT2D eigenvalue weighted by molar-refractivity contribution is 5.95. The van der Waals surface area contributed by atoms with Gasteiger partial charge in [-0.1, -0.05) is 18.1 Å². The van der Waals surface area contributed by atoms with Gasteiger partial charge in [-0.15, -0.1) is 6.42 Å². The van der Waals surface area contributed by atoms with Gasteiger partial charge in [0.2, 0.25) is 0 Å². The van der Waals surface area contributed by atoms with Crippen LogP contribution in [0.15, 0.2) is 24.3 Å². The van der Waals surface area contributed by atoms with Gasteiger partial charge in [0.15, 0.2) is 5.78 Å². The van der Waals surface area contributed by atoms with Crippen LogP contribution in [0.5, 0.6) is 0 Å². The van der Waals surface area contributed by atoms with Crippen LogP contribution < -0.4 is 4.90 Å². The highest BCUT2D eigenvalue weighted by atomic mass is 16.4. The summed E-state index contributed by atoms with van der Waals surface area (Å²) in [4.78, 5) is 23.6. The Hall–Kier alpha value is -2.28. The Morgan fingerprint density at radius 3 is 2.72 bits per heavy atom. The summed E-state index contributed by atoms with van der Waals surface area (Å²) in [6.07, 6.45) is 5.27. The third-order valence-corrected chi connectivity index (χ3v) is 2.50. The molecule has 0 saturated carbocycles. The summed E-state index contributed by atoms with van der Waals surface area (Å²) >= 11 is 0. The summed E-state index contributed by atoms with van der Waals surface area (Å²) in [5, 5.41) is 8.69. The Morgan fingerprint density at radius 2 is 2.17 bits per heavy atom. The predicted octanol–water partition coefficient (Wildman–Crippen LogP) is 1.80. The Labute approximate surface area is 106 Å². The summed E-state index contributed by atoms with van der Waals surface area (Å²) in [7, 11) is 0. The van der Waals surface area contributed by atoms with Gasteiger partial charge in [-0.05, 0) is 19.1 Å². The second-order valence-electron chi connectivity index (χ2n) is 3.88. The summed E-state index contributed by atoms with van der Waals surface area (Å²) in [6, 6.07) is 7.01. The van der Waals surface area contributed by atoms with Gasteiger partial charge in [0.25, 0.3) is 0 Å². The lowest BCUT2D eigenvalue weighted by Crippen LogP contribution is -2.26. The number of hydrogen-bond acceptors (Lipinski definition) is 3. The normalized spacial score (nSPS) is 9.56. The zero-order valence-corrected chi connectivity index (χ0v) is 10.2. The Bertz CT molecular complexity index is 488. The molecule has 0 aromatic heterocycles. The molecule has 18 heavy (non-hydrogen) atoms. The number of rotatable bonds is 6. The predicted molar refractivity (Wildman–Crippen MR) is 69.7 cm³/mol. The molecule has 4 nitrogen and oxygen atoms in total. The van der Waals surface area contributed by atoms with Gasteiger partial charge >= 0.3 is 5.97 Å². The van der Waals surface area contributed by atoms with Crippen LogP contribution in [0.3, 0.4) is 0 Å². The molecule has 0 fully saturated rings. The van der Waals surface area contributed by atoms with Gasteiger partial charge in [-0.25, -0.2) is 0 Å². The molecule has 0 aliphatic rings. The molecule has 0 aliphatic heterocycles. The molecule has 0 amide bonds. The lowest BCUT2D eigenvalue weighted by Gasteiger charge is -2.22. The van der Waals surface area contributed by atoms with E-state index in [-0.39, 0.29) is 12.2 Å². The quantitative estimate of drug-likeness (QED) is 0.613. The highest BCUT2D eigenvalue weighted by Gasteiger charge is 2.09. The summed E-state index contributed by atoms with van der Waals surface area (Å²) < 4.78 is 0. The zero-order chi connectivity index (χ0) is 13.5. The smallest absolute Gasteiger partial charge is 0.305 e. The van der Waals surface area contributed by atoms with E-state index in [2.05, 4.69) is 5.92 Å². The average molecular weight is 245 g/mol. The molecule has 0 heterocycles. The molecule has 0 atom stereocenters. The van der Waals surface area contributed by atoms with E-state index in [9.17, 15) is 9.59 Å². The Balaban J connectivity index is 2.91. The maximum Gasteiger partial charge on any atom is 0.305 e. The molecule has 0 bridgehead atoms. The molecular weight excluding hydrogens is 230 g/mol. The first-order valence-corrected chi connectivity index (χ1v) is 5.56. The van der Waals surface area contributed by atoms with E-state index in [0.717, 1.165) is 5.69 Å².